The van der Waals surface area contributed by atoms with Crippen molar-refractivity contribution >= 4 is 0 Å². The first-order valence-electron chi connectivity index (χ1n) is 9.14. The van der Waals surface area contributed by atoms with Gasteiger partial charge in [-0.15, -0.1) is 0 Å². The van der Waals surface area contributed by atoms with Gasteiger partial charge in [0.25, 0.3) is 0 Å². The van der Waals surface area contributed by atoms with Gasteiger partial charge in [-0.05, 0) is 55.2 Å². The van der Waals surface area contributed by atoms with Crippen molar-refractivity contribution in [3.8, 4) is 11.5 Å². The molecule has 3 heteroatoms. The molecule has 0 saturated heterocycles. The van der Waals surface area contributed by atoms with Crippen LogP contribution in [0.4, 0.5) is 0 Å². The van der Waals surface area contributed by atoms with Gasteiger partial charge in [-0.2, -0.15) is 0 Å². The zero-order valence-corrected chi connectivity index (χ0v) is 14.6. The van der Waals surface area contributed by atoms with Crippen molar-refractivity contribution in [3.05, 3.63) is 23.8 Å². The molecule has 0 radical (unpaired) electrons. The summed E-state index contributed by atoms with van der Waals surface area (Å²) < 4.78 is 6.17. The van der Waals surface area contributed by atoms with Crippen LogP contribution in [0.5, 0.6) is 11.5 Å². The first-order valence-corrected chi connectivity index (χ1v) is 9.14. The zero-order chi connectivity index (χ0) is 16.5. The number of rotatable bonds is 4. The van der Waals surface area contributed by atoms with Crippen LogP contribution in [-0.4, -0.2) is 17.8 Å². The molecule has 0 spiro atoms. The van der Waals surface area contributed by atoms with Gasteiger partial charge in [0.15, 0.2) is 11.5 Å². The Kier molecular flexibility index (Phi) is 4.59. The highest BCUT2D eigenvalue weighted by atomic mass is 16.5. The quantitative estimate of drug-likeness (QED) is 0.859. The highest BCUT2D eigenvalue weighted by molar-refractivity contribution is 5.45. The smallest absolute Gasteiger partial charge is 0.161 e. The average molecular weight is 317 g/mol. The van der Waals surface area contributed by atoms with E-state index in [0.29, 0.717) is 17.7 Å². The monoisotopic (exact) mass is 317 g/mol. The molecule has 0 amide bonds. The second-order valence-electron chi connectivity index (χ2n) is 8.37. The van der Waals surface area contributed by atoms with Crippen LogP contribution in [0.2, 0.25) is 0 Å². The maximum Gasteiger partial charge on any atom is 0.161 e. The SMILES string of the molecule is CC1(C)CCC(Oc2cc(C3(CN)CCCCC3)ccc2O)C1. The fourth-order valence-electron chi connectivity index (χ4n) is 4.43. The number of hydrogen-bond donors (Lipinski definition) is 2. The van der Waals surface area contributed by atoms with Gasteiger partial charge in [-0.1, -0.05) is 39.2 Å². The Morgan fingerprint density at radius 2 is 1.91 bits per heavy atom. The summed E-state index contributed by atoms with van der Waals surface area (Å²) in [6.45, 7) is 5.25. The normalized spacial score (nSPS) is 26.1. The lowest BCUT2D eigenvalue weighted by Crippen LogP contribution is -2.37. The molecule has 0 heterocycles. The Hall–Kier alpha value is -1.22. The summed E-state index contributed by atoms with van der Waals surface area (Å²) in [6, 6.07) is 5.88. The van der Waals surface area contributed by atoms with Crippen LogP contribution in [0.25, 0.3) is 0 Å². The van der Waals surface area contributed by atoms with Gasteiger partial charge in [0, 0.05) is 12.0 Å². The summed E-state index contributed by atoms with van der Waals surface area (Å²) in [4.78, 5) is 0. The Bertz CT molecular complexity index is 547. The van der Waals surface area contributed by atoms with Gasteiger partial charge in [0.05, 0.1) is 6.10 Å². The second kappa shape index (κ2) is 6.35. The summed E-state index contributed by atoms with van der Waals surface area (Å²) in [5.41, 5.74) is 7.81. The van der Waals surface area contributed by atoms with E-state index in [1.54, 1.807) is 6.07 Å². The molecule has 3 N–H and O–H groups in total. The van der Waals surface area contributed by atoms with E-state index in [-0.39, 0.29) is 17.3 Å². The molecule has 128 valence electrons. The zero-order valence-electron chi connectivity index (χ0n) is 14.6. The molecule has 23 heavy (non-hydrogen) atoms. The topological polar surface area (TPSA) is 55.5 Å². The number of ether oxygens (including phenoxy) is 1. The van der Waals surface area contributed by atoms with E-state index >= 15 is 0 Å². The van der Waals surface area contributed by atoms with E-state index in [9.17, 15) is 5.11 Å². The molecule has 0 aromatic heterocycles. The molecule has 2 saturated carbocycles. The van der Waals surface area contributed by atoms with Gasteiger partial charge < -0.3 is 15.6 Å². The summed E-state index contributed by atoms with van der Waals surface area (Å²) >= 11 is 0. The number of benzene rings is 1. The molecular formula is C20H31NO2. The van der Waals surface area contributed by atoms with Crippen LogP contribution in [0, 0.1) is 5.41 Å². The molecule has 1 aromatic rings. The first-order chi connectivity index (χ1) is 10.9. The van der Waals surface area contributed by atoms with Crippen LogP contribution in [0.15, 0.2) is 18.2 Å². The van der Waals surface area contributed by atoms with Crippen molar-refractivity contribution in [1.82, 2.24) is 0 Å². The summed E-state index contributed by atoms with van der Waals surface area (Å²) in [5.74, 6) is 0.894. The van der Waals surface area contributed by atoms with E-state index in [2.05, 4.69) is 19.9 Å². The van der Waals surface area contributed by atoms with Gasteiger partial charge in [0.2, 0.25) is 0 Å². The Labute approximate surface area is 140 Å². The molecule has 0 aliphatic heterocycles. The lowest BCUT2D eigenvalue weighted by molar-refractivity contribution is 0.185. The number of aromatic hydroxyl groups is 1. The van der Waals surface area contributed by atoms with Crippen LogP contribution in [0.3, 0.4) is 0 Å². The van der Waals surface area contributed by atoms with Crippen LogP contribution >= 0.6 is 0 Å². The van der Waals surface area contributed by atoms with Crippen LogP contribution < -0.4 is 10.5 Å². The van der Waals surface area contributed by atoms with E-state index in [1.807, 2.05) is 6.07 Å². The van der Waals surface area contributed by atoms with Crippen LogP contribution in [0.1, 0.15) is 70.8 Å². The molecule has 2 aliphatic rings. The molecule has 1 unspecified atom stereocenters. The predicted molar refractivity (Wildman–Crippen MR) is 94.0 cm³/mol. The lowest BCUT2D eigenvalue weighted by Gasteiger charge is -2.37. The standard InChI is InChI=1S/C20H31NO2/c1-19(2)11-8-16(13-19)23-18-12-15(6-7-17(18)22)20(14-21)9-4-3-5-10-20/h6-7,12,16,22H,3-5,8-11,13-14,21H2,1-2H3. The second-order valence-corrected chi connectivity index (χ2v) is 8.37. The highest BCUT2D eigenvalue weighted by Gasteiger charge is 2.35. The fourth-order valence-corrected chi connectivity index (χ4v) is 4.43. The van der Waals surface area contributed by atoms with Crippen molar-refractivity contribution < 1.29 is 9.84 Å². The molecular weight excluding hydrogens is 286 g/mol. The Morgan fingerprint density at radius 1 is 1.17 bits per heavy atom. The molecule has 1 aromatic carbocycles. The molecule has 3 rings (SSSR count). The van der Waals surface area contributed by atoms with Crippen LogP contribution in [-0.2, 0) is 5.41 Å². The number of hydrogen-bond acceptors (Lipinski definition) is 3. The Balaban J connectivity index is 1.81. The minimum Gasteiger partial charge on any atom is -0.504 e. The first kappa shape index (κ1) is 16.6. The third kappa shape index (κ3) is 3.50. The predicted octanol–water partition coefficient (Wildman–Crippen LogP) is 4.51. The third-order valence-electron chi connectivity index (χ3n) is 5.99. The van der Waals surface area contributed by atoms with Crippen molar-refractivity contribution in [2.75, 3.05) is 6.54 Å². The molecule has 0 bridgehead atoms. The summed E-state index contributed by atoms with van der Waals surface area (Å²) in [5, 5.41) is 10.2. The van der Waals surface area contributed by atoms with E-state index in [4.69, 9.17) is 10.5 Å². The molecule has 2 aliphatic carbocycles. The van der Waals surface area contributed by atoms with Gasteiger partial charge in [-0.3, -0.25) is 0 Å². The number of phenols is 1. The molecule has 1 atom stereocenters. The van der Waals surface area contributed by atoms with E-state index in [0.717, 1.165) is 25.7 Å². The number of phenolic OH excluding ortho intramolecular Hbond substituents is 1. The van der Waals surface area contributed by atoms with E-state index < -0.39 is 0 Å². The van der Waals surface area contributed by atoms with Gasteiger partial charge >= 0.3 is 0 Å². The average Bonchev–Trinajstić information content (AvgIpc) is 2.89. The molecule has 3 nitrogen and oxygen atoms in total. The van der Waals surface area contributed by atoms with Gasteiger partial charge in [-0.25, -0.2) is 0 Å². The Morgan fingerprint density at radius 3 is 2.52 bits per heavy atom. The van der Waals surface area contributed by atoms with Crippen molar-refractivity contribution in [2.24, 2.45) is 11.1 Å². The lowest BCUT2D eigenvalue weighted by atomic mass is 9.69. The van der Waals surface area contributed by atoms with Crippen molar-refractivity contribution in [2.45, 2.75) is 76.7 Å². The summed E-state index contributed by atoms with van der Waals surface area (Å²) in [6.07, 6.45) is 9.60. The van der Waals surface area contributed by atoms with Crippen molar-refractivity contribution in [1.29, 1.82) is 0 Å². The highest BCUT2D eigenvalue weighted by Crippen LogP contribution is 2.43. The minimum atomic E-state index is 0.0685. The summed E-state index contributed by atoms with van der Waals surface area (Å²) in [7, 11) is 0. The fraction of sp³-hybridized carbons (Fsp3) is 0.700. The maximum atomic E-state index is 10.2. The maximum absolute atomic E-state index is 10.2. The van der Waals surface area contributed by atoms with Gasteiger partial charge in [0.1, 0.15) is 0 Å². The minimum absolute atomic E-state index is 0.0685. The van der Waals surface area contributed by atoms with Crippen molar-refractivity contribution in [3.63, 3.8) is 0 Å². The largest absolute Gasteiger partial charge is 0.504 e. The number of nitrogens with two attached hydrogens (primary N) is 1. The van der Waals surface area contributed by atoms with E-state index in [1.165, 1.54) is 31.2 Å². The molecule has 2 fully saturated rings. The third-order valence-corrected chi connectivity index (χ3v) is 5.99.